The lowest BCUT2D eigenvalue weighted by Crippen LogP contribution is -2.43. The Morgan fingerprint density at radius 3 is 2.79 bits per heavy atom. The third kappa shape index (κ3) is 5.51. The highest BCUT2D eigenvalue weighted by molar-refractivity contribution is 5.75. The standard InChI is InChI=1S/C25H29FN4O3/c1-3-27-25(31)30(16-21-13-8-14-32-21)17-22-23(18-9-5-4-6-10-18)28-29(2)24(22)33-20-12-7-11-19(26)15-20/h4-7,9-12,15,21H,3,8,13-14,16-17H2,1-2H3,(H,27,31)/t21-/m1/s1. The number of rotatable bonds is 8. The van der Waals surface area contributed by atoms with Gasteiger partial charge in [-0.1, -0.05) is 36.4 Å². The minimum absolute atomic E-state index is 0.00274. The lowest BCUT2D eigenvalue weighted by molar-refractivity contribution is 0.0794. The first-order valence-corrected chi connectivity index (χ1v) is 11.2. The van der Waals surface area contributed by atoms with Crippen molar-refractivity contribution in [1.82, 2.24) is 20.0 Å². The Hall–Kier alpha value is -3.39. The Morgan fingerprint density at radius 2 is 2.09 bits per heavy atom. The quantitative estimate of drug-likeness (QED) is 0.537. The van der Waals surface area contributed by atoms with Gasteiger partial charge < -0.3 is 19.7 Å². The molecule has 1 aromatic heterocycles. The number of hydrogen-bond acceptors (Lipinski definition) is 4. The van der Waals surface area contributed by atoms with Crippen LogP contribution in [0.5, 0.6) is 11.6 Å². The van der Waals surface area contributed by atoms with Gasteiger partial charge in [0, 0.05) is 38.4 Å². The van der Waals surface area contributed by atoms with Crippen LogP contribution in [0.25, 0.3) is 11.3 Å². The molecule has 0 saturated carbocycles. The van der Waals surface area contributed by atoms with Gasteiger partial charge in [-0.05, 0) is 31.9 Å². The van der Waals surface area contributed by atoms with Crippen LogP contribution in [0.3, 0.4) is 0 Å². The molecule has 174 valence electrons. The summed E-state index contributed by atoms with van der Waals surface area (Å²) in [6.45, 7) is 3.86. The van der Waals surface area contributed by atoms with E-state index in [1.807, 2.05) is 37.3 Å². The molecule has 1 fully saturated rings. The molecule has 0 bridgehead atoms. The summed E-state index contributed by atoms with van der Waals surface area (Å²) in [5, 5.41) is 7.59. The van der Waals surface area contributed by atoms with Crippen molar-refractivity contribution in [3.63, 3.8) is 0 Å². The van der Waals surface area contributed by atoms with E-state index in [4.69, 9.17) is 14.6 Å². The minimum Gasteiger partial charge on any atom is -0.439 e. The van der Waals surface area contributed by atoms with E-state index in [9.17, 15) is 9.18 Å². The van der Waals surface area contributed by atoms with E-state index in [1.54, 1.807) is 28.8 Å². The second-order valence-corrected chi connectivity index (χ2v) is 8.03. The molecule has 1 atom stereocenters. The highest BCUT2D eigenvalue weighted by Crippen LogP contribution is 2.34. The molecule has 2 aromatic carbocycles. The number of nitrogens with one attached hydrogen (secondary N) is 1. The molecule has 4 rings (SSSR count). The van der Waals surface area contributed by atoms with E-state index in [0.717, 1.165) is 24.0 Å². The van der Waals surface area contributed by atoms with Gasteiger partial charge in [-0.3, -0.25) is 0 Å². The fourth-order valence-corrected chi connectivity index (χ4v) is 4.00. The van der Waals surface area contributed by atoms with Crippen LogP contribution in [0, 0.1) is 5.82 Å². The molecule has 1 N–H and O–H groups in total. The Bertz CT molecular complexity index is 1080. The first-order chi connectivity index (χ1) is 16.0. The first kappa shape index (κ1) is 22.8. The molecular formula is C25H29FN4O3. The summed E-state index contributed by atoms with van der Waals surface area (Å²) in [5.74, 6) is 0.436. The lowest BCUT2D eigenvalue weighted by Gasteiger charge is -2.26. The number of urea groups is 1. The van der Waals surface area contributed by atoms with Gasteiger partial charge >= 0.3 is 6.03 Å². The van der Waals surface area contributed by atoms with E-state index in [-0.39, 0.29) is 24.5 Å². The van der Waals surface area contributed by atoms with Crippen LogP contribution < -0.4 is 10.1 Å². The molecule has 0 unspecified atom stereocenters. The molecule has 3 aromatic rings. The van der Waals surface area contributed by atoms with Gasteiger partial charge in [-0.2, -0.15) is 5.10 Å². The normalized spacial score (nSPS) is 15.4. The van der Waals surface area contributed by atoms with Crippen molar-refractivity contribution < 1.29 is 18.7 Å². The predicted octanol–water partition coefficient (Wildman–Crippen LogP) is 4.73. The Morgan fingerprint density at radius 1 is 1.27 bits per heavy atom. The first-order valence-electron chi connectivity index (χ1n) is 11.2. The van der Waals surface area contributed by atoms with Gasteiger partial charge in [0.25, 0.3) is 0 Å². The van der Waals surface area contributed by atoms with Gasteiger partial charge in [0.15, 0.2) is 0 Å². The summed E-state index contributed by atoms with van der Waals surface area (Å²) in [6, 6.07) is 15.6. The Kier molecular flexibility index (Phi) is 7.24. The third-order valence-electron chi connectivity index (χ3n) is 5.56. The number of carbonyl (C=O) groups is 1. The second kappa shape index (κ2) is 10.5. The van der Waals surface area contributed by atoms with Crippen LogP contribution in [-0.2, 0) is 18.3 Å². The van der Waals surface area contributed by atoms with Crippen molar-refractivity contribution in [3.05, 3.63) is 66.0 Å². The SMILES string of the molecule is CCNC(=O)N(Cc1c(-c2ccccc2)nn(C)c1Oc1cccc(F)c1)C[C@H]1CCCO1. The molecule has 8 heteroatoms. The molecule has 2 heterocycles. The number of ether oxygens (including phenoxy) is 2. The van der Waals surface area contributed by atoms with Crippen molar-refractivity contribution in [3.8, 4) is 22.9 Å². The molecule has 33 heavy (non-hydrogen) atoms. The maximum atomic E-state index is 13.8. The van der Waals surface area contributed by atoms with Crippen molar-refractivity contribution in [2.24, 2.45) is 7.05 Å². The average molecular weight is 453 g/mol. The summed E-state index contributed by atoms with van der Waals surface area (Å²) in [7, 11) is 1.78. The van der Waals surface area contributed by atoms with E-state index < -0.39 is 0 Å². The molecular weight excluding hydrogens is 423 g/mol. The van der Waals surface area contributed by atoms with Gasteiger partial charge in [-0.15, -0.1) is 0 Å². The minimum atomic E-state index is -0.387. The predicted molar refractivity (Wildman–Crippen MR) is 124 cm³/mol. The number of amides is 2. The third-order valence-corrected chi connectivity index (χ3v) is 5.56. The maximum absolute atomic E-state index is 13.8. The Balaban J connectivity index is 1.73. The monoisotopic (exact) mass is 452 g/mol. The smallest absolute Gasteiger partial charge is 0.317 e. The molecule has 1 saturated heterocycles. The van der Waals surface area contributed by atoms with E-state index in [2.05, 4.69) is 5.32 Å². The van der Waals surface area contributed by atoms with Crippen LogP contribution in [-0.4, -0.2) is 46.5 Å². The van der Waals surface area contributed by atoms with Crippen molar-refractivity contribution in [2.45, 2.75) is 32.4 Å². The average Bonchev–Trinajstić information content (AvgIpc) is 3.43. The number of aryl methyl sites for hydroxylation is 1. The van der Waals surface area contributed by atoms with Crippen LogP contribution in [0.1, 0.15) is 25.3 Å². The number of hydrogen-bond donors (Lipinski definition) is 1. The summed E-state index contributed by atoms with van der Waals surface area (Å²) in [5.41, 5.74) is 2.37. The molecule has 0 spiro atoms. The van der Waals surface area contributed by atoms with Crippen molar-refractivity contribution >= 4 is 6.03 Å². The molecule has 2 amide bonds. The molecule has 1 aliphatic heterocycles. The number of aromatic nitrogens is 2. The molecule has 7 nitrogen and oxygen atoms in total. The highest BCUT2D eigenvalue weighted by atomic mass is 19.1. The second-order valence-electron chi connectivity index (χ2n) is 8.03. The molecule has 0 radical (unpaired) electrons. The van der Waals surface area contributed by atoms with Gasteiger partial charge in [0.05, 0.1) is 18.2 Å². The maximum Gasteiger partial charge on any atom is 0.317 e. The van der Waals surface area contributed by atoms with Crippen molar-refractivity contribution in [2.75, 3.05) is 19.7 Å². The summed E-state index contributed by atoms with van der Waals surface area (Å²) in [4.78, 5) is 14.7. The highest BCUT2D eigenvalue weighted by Gasteiger charge is 2.27. The Labute approximate surface area is 193 Å². The topological polar surface area (TPSA) is 68.6 Å². The number of halogens is 1. The zero-order valence-corrected chi connectivity index (χ0v) is 19.0. The fraction of sp³-hybridized carbons (Fsp3) is 0.360. The van der Waals surface area contributed by atoms with E-state index in [0.29, 0.717) is 37.0 Å². The van der Waals surface area contributed by atoms with Gasteiger partial charge in [0.2, 0.25) is 5.88 Å². The lowest BCUT2D eigenvalue weighted by atomic mass is 10.1. The molecule has 0 aliphatic carbocycles. The number of nitrogens with zero attached hydrogens (tertiary/aromatic N) is 3. The zero-order chi connectivity index (χ0) is 23.2. The van der Waals surface area contributed by atoms with Crippen molar-refractivity contribution in [1.29, 1.82) is 0 Å². The van der Waals surface area contributed by atoms with Crippen LogP contribution >= 0.6 is 0 Å². The van der Waals surface area contributed by atoms with Crippen LogP contribution in [0.2, 0.25) is 0 Å². The summed E-state index contributed by atoms with van der Waals surface area (Å²) >= 11 is 0. The number of carbonyl (C=O) groups excluding carboxylic acids is 1. The number of benzene rings is 2. The van der Waals surface area contributed by atoms with Gasteiger partial charge in [0.1, 0.15) is 17.3 Å². The van der Waals surface area contributed by atoms with Crippen LogP contribution in [0.15, 0.2) is 54.6 Å². The van der Waals surface area contributed by atoms with Gasteiger partial charge in [-0.25, -0.2) is 13.9 Å². The molecule has 1 aliphatic rings. The largest absolute Gasteiger partial charge is 0.439 e. The summed E-state index contributed by atoms with van der Waals surface area (Å²) < 4.78 is 27.3. The summed E-state index contributed by atoms with van der Waals surface area (Å²) in [6.07, 6.45) is 1.91. The van der Waals surface area contributed by atoms with Crippen LogP contribution in [0.4, 0.5) is 9.18 Å². The van der Waals surface area contributed by atoms with E-state index in [1.165, 1.54) is 12.1 Å². The zero-order valence-electron chi connectivity index (χ0n) is 19.0. The fourth-order valence-electron chi connectivity index (χ4n) is 4.00. The van der Waals surface area contributed by atoms with E-state index >= 15 is 0 Å².